The van der Waals surface area contributed by atoms with Crippen LogP contribution in [0.25, 0.3) is 0 Å². The number of nitrogen functional groups attached to an aromatic ring is 1. The maximum absolute atomic E-state index is 13.0. The van der Waals surface area contributed by atoms with E-state index in [0.29, 0.717) is 16.4 Å². The number of hydrogen-bond acceptors (Lipinski definition) is 3. The van der Waals surface area contributed by atoms with Crippen molar-refractivity contribution in [2.45, 2.75) is 13.0 Å². The van der Waals surface area contributed by atoms with Crippen LogP contribution < -0.4 is 15.8 Å². The van der Waals surface area contributed by atoms with Crippen LogP contribution >= 0.6 is 11.6 Å². The molecule has 1 atom stereocenters. The first kappa shape index (κ1) is 15.1. The Morgan fingerprint density at radius 3 is 2.76 bits per heavy atom. The monoisotopic (exact) mass is 308 g/mol. The molecule has 0 radical (unpaired) electrons. The molecule has 0 aliphatic heterocycles. The largest absolute Gasteiger partial charge is 0.481 e. The predicted octanol–water partition coefficient (Wildman–Crippen LogP) is 3.47. The fourth-order valence-corrected chi connectivity index (χ4v) is 1.86. The van der Waals surface area contributed by atoms with E-state index in [1.54, 1.807) is 25.1 Å². The minimum Gasteiger partial charge on any atom is -0.481 e. The van der Waals surface area contributed by atoms with Gasteiger partial charge in [0.2, 0.25) is 0 Å². The number of hydrogen-bond donors (Lipinski definition) is 2. The smallest absolute Gasteiger partial charge is 0.265 e. The van der Waals surface area contributed by atoms with Gasteiger partial charge in [-0.2, -0.15) is 0 Å². The molecule has 110 valence electrons. The first-order valence-electron chi connectivity index (χ1n) is 6.24. The van der Waals surface area contributed by atoms with E-state index in [0.717, 1.165) is 0 Å². The summed E-state index contributed by atoms with van der Waals surface area (Å²) in [4.78, 5) is 12.0. The lowest BCUT2D eigenvalue weighted by Gasteiger charge is -2.15. The lowest BCUT2D eigenvalue weighted by atomic mass is 10.2. The van der Waals surface area contributed by atoms with E-state index in [9.17, 15) is 9.18 Å². The fourth-order valence-electron chi connectivity index (χ4n) is 1.68. The molecule has 0 saturated carbocycles. The molecule has 0 aliphatic rings. The standard InChI is InChI=1S/C15H14ClFN2O2/c1-9(21-12-4-2-3-11(17)8-12)15(20)19-14-6-5-10(16)7-13(14)18/h2-9H,18H2,1H3,(H,19,20). The van der Waals surface area contributed by atoms with E-state index >= 15 is 0 Å². The van der Waals surface area contributed by atoms with Gasteiger partial charge in [-0.25, -0.2) is 4.39 Å². The molecule has 2 rings (SSSR count). The van der Waals surface area contributed by atoms with Crippen molar-refractivity contribution in [3.8, 4) is 5.75 Å². The van der Waals surface area contributed by atoms with Gasteiger partial charge in [-0.15, -0.1) is 0 Å². The molecule has 1 amide bonds. The molecule has 0 heterocycles. The van der Waals surface area contributed by atoms with Gasteiger partial charge >= 0.3 is 0 Å². The van der Waals surface area contributed by atoms with Gasteiger partial charge in [0.05, 0.1) is 11.4 Å². The number of halogens is 2. The lowest BCUT2D eigenvalue weighted by Crippen LogP contribution is -2.30. The third kappa shape index (κ3) is 4.10. The summed E-state index contributed by atoms with van der Waals surface area (Å²) in [6.45, 7) is 1.56. The number of rotatable bonds is 4. The van der Waals surface area contributed by atoms with Crippen LogP contribution in [0, 0.1) is 5.82 Å². The number of ether oxygens (including phenoxy) is 1. The van der Waals surface area contributed by atoms with Crippen LogP contribution in [-0.2, 0) is 4.79 Å². The van der Waals surface area contributed by atoms with Gasteiger partial charge in [0, 0.05) is 11.1 Å². The van der Waals surface area contributed by atoms with Crippen LogP contribution in [-0.4, -0.2) is 12.0 Å². The van der Waals surface area contributed by atoms with E-state index < -0.39 is 17.8 Å². The van der Waals surface area contributed by atoms with Gasteiger partial charge in [-0.05, 0) is 37.3 Å². The van der Waals surface area contributed by atoms with Gasteiger partial charge in [-0.3, -0.25) is 4.79 Å². The summed E-state index contributed by atoms with van der Waals surface area (Å²) in [7, 11) is 0. The van der Waals surface area contributed by atoms with E-state index in [1.165, 1.54) is 24.3 Å². The average molecular weight is 309 g/mol. The maximum Gasteiger partial charge on any atom is 0.265 e. The minimum atomic E-state index is -0.804. The van der Waals surface area contributed by atoms with E-state index in [2.05, 4.69) is 5.32 Å². The summed E-state index contributed by atoms with van der Waals surface area (Å²) in [5, 5.41) is 3.11. The second-order valence-electron chi connectivity index (χ2n) is 4.44. The molecule has 0 spiro atoms. The van der Waals surface area contributed by atoms with Crippen LogP contribution in [0.5, 0.6) is 5.75 Å². The molecule has 0 aromatic heterocycles. The Balaban J connectivity index is 2.02. The molecule has 4 nitrogen and oxygen atoms in total. The second kappa shape index (κ2) is 6.45. The molecular formula is C15H14ClFN2O2. The Morgan fingerprint density at radius 2 is 2.10 bits per heavy atom. The van der Waals surface area contributed by atoms with Crippen molar-refractivity contribution in [2.75, 3.05) is 11.1 Å². The number of benzene rings is 2. The first-order chi connectivity index (χ1) is 9.95. The Hall–Kier alpha value is -2.27. The van der Waals surface area contributed by atoms with E-state index in [1.807, 2.05) is 0 Å². The zero-order valence-corrected chi connectivity index (χ0v) is 12.0. The van der Waals surface area contributed by atoms with E-state index in [4.69, 9.17) is 22.1 Å². The van der Waals surface area contributed by atoms with Crippen LogP contribution in [0.15, 0.2) is 42.5 Å². The quantitative estimate of drug-likeness (QED) is 0.850. The van der Waals surface area contributed by atoms with Gasteiger partial charge in [0.1, 0.15) is 11.6 Å². The fraction of sp³-hybridized carbons (Fsp3) is 0.133. The zero-order valence-electron chi connectivity index (χ0n) is 11.3. The minimum absolute atomic E-state index is 0.279. The SMILES string of the molecule is CC(Oc1cccc(F)c1)C(=O)Nc1ccc(Cl)cc1N. The number of nitrogens with two attached hydrogens (primary N) is 1. The number of anilines is 2. The molecular weight excluding hydrogens is 295 g/mol. The van der Waals surface area contributed by atoms with Gasteiger partial charge in [-0.1, -0.05) is 17.7 Å². The number of nitrogens with one attached hydrogen (secondary N) is 1. The number of carbonyl (C=O) groups is 1. The summed E-state index contributed by atoms with van der Waals surface area (Å²) in [6.07, 6.45) is -0.804. The average Bonchev–Trinajstić information content (AvgIpc) is 2.41. The molecule has 0 bridgehead atoms. The van der Waals surface area contributed by atoms with Crippen molar-refractivity contribution in [1.82, 2.24) is 0 Å². The van der Waals surface area contributed by atoms with Crippen molar-refractivity contribution in [1.29, 1.82) is 0 Å². The van der Waals surface area contributed by atoms with Crippen LogP contribution in [0.2, 0.25) is 5.02 Å². The van der Waals surface area contributed by atoms with Crippen molar-refractivity contribution in [2.24, 2.45) is 0 Å². The molecule has 21 heavy (non-hydrogen) atoms. The van der Waals surface area contributed by atoms with Gasteiger partial charge < -0.3 is 15.8 Å². The highest BCUT2D eigenvalue weighted by molar-refractivity contribution is 6.31. The maximum atomic E-state index is 13.0. The molecule has 0 fully saturated rings. The summed E-state index contributed by atoms with van der Waals surface area (Å²) in [5.74, 6) is -0.544. The Labute approximate surface area is 126 Å². The normalized spacial score (nSPS) is 11.8. The van der Waals surface area contributed by atoms with E-state index in [-0.39, 0.29) is 5.75 Å². The Kier molecular flexibility index (Phi) is 4.65. The number of carbonyl (C=O) groups excluding carboxylic acids is 1. The second-order valence-corrected chi connectivity index (χ2v) is 4.87. The number of amides is 1. The molecule has 3 N–H and O–H groups in total. The highest BCUT2D eigenvalue weighted by Crippen LogP contribution is 2.23. The molecule has 2 aromatic rings. The molecule has 0 aliphatic carbocycles. The third-order valence-electron chi connectivity index (χ3n) is 2.75. The van der Waals surface area contributed by atoms with Gasteiger partial charge in [0.15, 0.2) is 6.10 Å². The Bertz CT molecular complexity index is 664. The summed E-state index contributed by atoms with van der Waals surface area (Å²) in [6, 6.07) is 10.3. The predicted molar refractivity (Wildman–Crippen MR) is 81.0 cm³/mol. The molecule has 0 saturated heterocycles. The Morgan fingerprint density at radius 1 is 1.33 bits per heavy atom. The van der Waals surface area contributed by atoms with Crippen molar-refractivity contribution < 1.29 is 13.9 Å². The molecule has 6 heteroatoms. The van der Waals surface area contributed by atoms with Crippen LogP contribution in [0.4, 0.5) is 15.8 Å². The topological polar surface area (TPSA) is 64.3 Å². The van der Waals surface area contributed by atoms with Crippen molar-refractivity contribution >= 4 is 28.9 Å². The molecule has 2 aromatic carbocycles. The summed E-state index contributed by atoms with van der Waals surface area (Å²) >= 11 is 5.79. The highest BCUT2D eigenvalue weighted by atomic mass is 35.5. The summed E-state index contributed by atoms with van der Waals surface area (Å²) in [5.41, 5.74) is 6.55. The van der Waals surface area contributed by atoms with Crippen molar-refractivity contribution in [3.63, 3.8) is 0 Å². The third-order valence-corrected chi connectivity index (χ3v) is 2.98. The van der Waals surface area contributed by atoms with Crippen LogP contribution in [0.1, 0.15) is 6.92 Å². The lowest BCUT2D eigenvalue weighted by molar-refractivity contribution is -0.122. The van der Waals surface area contributed by atoms with Gasteiger partial charge in [0.25, 0.3) is 5.91 Å². The zero-order chi connectivity index (χ0) is 15.4. The first-order valence-corrected chi connectivity index (χ1v) is 6.61. The highest BCUT2D eigenvalue weighted by Gasteiger charge is 2.16. The summed E-state index contributed by atoms with van der Waals surface area (Å²) < 4.78 is 18.4. The van der Waals surface area contributed by atoms with Crippen molar-refractivity contribution in [3.05, 3.63) is 53.3 Å². The van der Waals surface area contributed by atoms with Crippen LogP contribution in [0.3, 0.4) is 0 Å². The molecule has 1 unspecified atom stereocenters.